The number of aryl methyl sites for hydroxylation is 1. The zero-order valence-corrected chi connectivity index (χ0v) is 13.0. The summed E-state index contributed by atoms with van der Waals surface area (Å²) in [7, 11) is -3.37. The quantitative estimate of drug-likeness (QED) is 0.790. The molecule has 0 aliphatic carbocycles. The monoisotopic (exact) mass is 319 g/mol. The van der Waals surface area contributed by atoms with Crippen molar-refractivity contribution in [2.45, 2.75) is 17.6 Å². The fraction of sp³-hybridized carbons (Fsp3) is 0.125. The molecule has 1 aromatic heterocycles. The van der Waals surface area contributed by atoms with Gasteiger partial charge in [-0.2, -0.15) is 0 Å². The first-order chi connectivity index (χ1) is 9.97. The van der Waals surface area contributed by atoms with Crippen LogP contribution in [-0.4, -0.2) is 13.4 Å². The Morgan fingerprint density at radius 1 is 1.10 bits per heavy atom. The molecule has 0 radical (unpaired) electrons. The fourth-order valence-corrected chi connectivity index (χ4v) is 4.10. The maximum atomic E-state index is 12.5. The molecule has 0 amide bonds. The molecule has 108 valence electrons. The molecule has 0 bridgehead atoms. The standard InChI is InChI=1S/C16H14ClNO2S/c1-11-15(14-9-12(17)7-8-16(14)18-11)10-21(19,20)13-5-3-2-4-6-13/h2-9,18H,10H2,1H3. The highest BCUT2D eigenvalue weighted by molar-refractivity contribution is 7.90. The number of sulfone groups is 1. The second-order valence-electron chi connectivity index (χ2n) is 4.99. The third-order valence-electron chi connectivity index (χ3n) is 3.52. The summed E-state index contributed by atoms with van der Waals surface area (Å²) in [6, 6.07) is 13.9. The number of benzene rings is 2. The number of halogens is 1. The predicted octanol–water partition coefficient (Wildman–Crippen LogP) is 4.10. The number of fused-ring (bicyclic) bond motifs is 1. The largest absolute Gasteiger partial charge is 0.358 e. The first kappa shape index (κ1) is 14.2. The van der Waals surface area contributed by atoms with Crippen molar-refractivity contribution in [3.8, 4) is 0 Å². The maximum absolute atomic E-state index is 12.5. The van der Waals surface area contributed by atoms with Gasteiger partial charge < -0.3 is 4.98 Å². The van der Waals surface area contributed by atoms with E-state index in [1.807, 2.05) is 13.0 Å². The fourth-order valence-electron chi connectivity index (χ4n) is 2.44. The Balaban J connectivity index is 2.10. The second kappa shape index (κ2) is 5.20. The van der Waals surface area contributed by atoms with Crippen LogP contribution in [0.5, 0.6) is 0 Å². The lowest BCUT2D eigenvalue weighted by atomic mass is 10.1. The molecule has 3 nitrogen and oxygen atoms in total. The van der Waals surface area contributed by atoms with Crippen molar-refractivity contribution < 1.29 is 8.42 Å². The van der Waals surface area contributed by atoms with Gasteiger partial charge in [0.15, 0.2) is 9.84 Å². The first-order valence-corrected chi connectivity index (χ1v) is 8.55. The molecule has 1 N–H and O–H groups in total. The van der Waals surface area contributed by atoms with E-state index in [1.165, 1.54) is 0 Å². The molecular formula is C16H14ClNO2S. The number of hydrogen-bond acceptors (Lipinski definition) is 2. The van der Waals surface area contributed by atoms with Gasteiger partial charge in [0.2, 0.25) is 0 Å². The van der Waals surface area contributed by atoms with E-state index in [0.717, 1.165) is 22.2 Å². The van der Waals surface area contributed by atoms with Gasteiger partial charge in [-0.05, 0) is 42.8 Å². The van der Waals surface area contributed by atoms with Crippen LogP contribution >= 0.6 is 11.6 Å². The van der Waals surface area contributed by atoms with E-state index in [2.05, 4.69) is 4.98 Å². The van der Waals surface area contributed by atoms with Crippen LogP contribution in [0.2, 0.25) is 5.02 Å². The summed E-state index contributed by atoms with van der Waals surface area (Å²) in [6.45, 7) is 1.88. The predicted molar refractivity (Wildman–Crippen MR) is 85.4 cm³/mol. The zero-order chi connectivity index (χ0) is 15.0. The van der Waals surface area contributed by atoms with Gasteiger partial charge in [-0.15, -0.1) is 0 Å². The van der Waals surface area contributed by atoms with Crippen molar-refractivity contribution in [1.82, 2.24) is 4.98 Å². The Morgan fingerprint density at radius 3 is 2.52 bits per heavy atom. The Kier molecular flexibility index (Phi) is 3.51. The van der Waals surface area contributed by atoms with Gasteiger partial charge in [0, 0.05) is 21.6 Å². The average Bonchev–Trinajstić information content (AvgIpc) is 2.76. The number of aromatic amines is 1. The number of H-pyrrole nitrogens is 1. The van der Waals surface area contributed by atoms with Crippen LogP contribution in [0.4, 0.5) is 0 Å². The molecule has 0 spiro atoms. The Labute approximate surface area is 128 Å². The van der Waals surface area contributed by atoms with Crippen LogP contribution in [0, 0.1) is 6.92 Å². The highest BCUT2D eigenvalue weighted by Crippen LogP contribution is 2.28. The molecule has 3 aromatic rings. The summed E-state index contributed by atoms with van der Waals surface area (Å²) in [6.07, 6.45) is 0. The lowest BCUT2D eigenvalue weighted by molar-refractivity contribution is 0.595. The van der Waals surface area contributed by atoms with Gasteiger partial charge in [-0.25, -0.2) is 8.42 Å². The lowest BCUT2D eigenvalue weighted by Crippen LogP contribution is -2.05. The van der Waals surface area contributed by atoms with Crippen LogP contribution in [-0.2, 0) is 15.6 Å². The highest BCUT2D eigenvalue weighted by atomic mass is 35.5. The van der Waals surface area contributed by atoms with E-state index in [-0.39, 0.29) is 5.75 Å². The Morgan fingerprint density at radius 2 is 1.81 bits per heavy atom. The van der Waals surface area contributed by atoms with Gasteiger partial charge in [0.05, 0.1) is 10.6 Å². The van der Waals surface area contributed by atoms with E-state index in [9.17, 15) is 8.42 Å². The van der Waals surface area contributed by atoms with Gasteiger partial charge in [-0.1, -0.05) is 29.8 Å². The molecule has 0 aliphatic heterocycles. The van der Waals surface area contributed by atoms with Gasteiger partial charge in [0.25, 0.3) is 0 Å². The SMILES string of the molecule is Cc1[nH]c2ccc(Cl)cc2c1CS(=O)(=O)c1ccccc1. The molecule has 1 heterocycles. The maximum Gasteiger partial charge on any atom is 0.182 e. The summed E-state index contributed by atoms with van der Waals surface area (Å²) in [5.41, 5.74) is 2.53. The van der Waals surface area contributed by atoms with Crippen molar-refractivity contribution in [3.63, 3.8) is 0 Å². The molecule has 21 heavy (non-hydrogen) atoms. The summed E-state index contributed by atoms with van der Waals surface area (Å²) in [5, 5.41) is 1.46. The van der Waals surface area contributed by atoms with Gasteiger partial charge in [0.1, 0.15) is 0 Å². The third-order valence-corrected chi connectivity index (χ3v) is 5.41. The number of rotatable bonds is 3. The minimum Gasteiger partial charge on any atom is -0.358 e. The Hall–Kier alpha value is -1.78. The number of nitrogens with one attached hydrogen (secondary N) is 1. The summed E-state index contributed by atoms with van der Waals surface area (Å²) < 4.78 is 25.1. The molecule has 2 aromatic carbocycles. The summed E-state index contributed by atoms with van der Waals surface area (Å²) >= 11 is 6.02. The number of hydrogen-bond donors (Lipinski definition) is 1. The molecule has 0 aliphatic rings. The molecular weight excluding hydrogens is 306 g/mol. The van der Waals surface area contributed by atoms with E-state index < -0.39 is 9.84 Å². The molecule has 0 atom stereocenters. The highest BCUT2D eigenvalue weighted by Gasteiger charge is 2.19. The van der Waals surface area contributed by atoms with Crippen LogP contribution in [0.15, 0.2) is 53.4 Å². The van der Waals surface area contributed by atoms with Gasteiger partial charge >= 0.3 is 0 Å². The molecule has 5 heteroatoms. The number of aromatic nitrogens is 1. The van der Waals surface area contributed by atoms with E-state index >= 15 is 0 Å². The molecule has 0 fully saturated rings. The van der Waals surface area contributed by atoms with E-state index in [0.29, 0.717) is 9.92 Å². The first-order valence-electron chi connectivity index (χ1n) is 6.52. The van der Waals surface area contributed by atoms with Crippen LogP contribution in [0.1, 0.15) is 11.3 Å². The third kappa shape index (κ3) is 2.69. The Bertz CT molecular complexity index is 899. The van der Waals surface area contributed by atoms with Crippen molar-refractivity contribution in [2.24, 2.45) is 0 Å². The lowest BCUT2D eigenvalue weighted by Gasteiger charge is -2.05. The van der Waals surface area contributed by atoms with E-state index in [1.54, 1.807) is 42.5 Å². The van der Waals surface area contributed by atoms with Crippen LogP contribution in [0.25, 0.3) is 10.9 Å². The van der Waals surface area contributed by atoms with E-state index in [4.69, 9.17) is 11.6 Å². The van der Waals surface area contributed by atoms with Crippen molar-refractivity contribution in [3.05, 3.63) is 64.8 Å². The van der Waals surface area contributed by atoms with Crippen molar-refractivity contribution >= 4 is 32.3 Å². The smallest absolute Gasteiger partial charge is 0.182 e. The minimum absolute atomic E-state index is 0.0385. The normalized spacial score (nSPS) is 11.9. The average molecular weight is 320 g/mol. The van der Waals surface area contributed by atoms with Crippen molar-refractivity contribution in [2.75, 3.05) is 0 Å². The minimum atomic E-state index is -3.37. The second-order valence-corrected chi connectivity index (χ2v) is 7.42. The van der Waals surface area contributed by atoms with Gasteiger partial charge in [-0.3, -0.25) is 0 Å². The topological polar surface area (TPSA) is 49.9 Å². The molecule has 0 saturated heterocycles. The molecule has 0 unspecified atom stereocenters. The molecule has 0 saturated carbocycles. The summed E-state index contributed by atoms with van der Waals surface area (Å²) in [5.74, 6) is -0.0385. The van der Waals surface area contributed by atoms with Crippen LogP contribution < -0.4 is 0 Å². The zero-order valence-electron chi connectivity index (χ0n) is 11.4. The summed E-state index contributed by atoms with van der Waals surface area (Å²) in [4.78, 5) is 3.54. The van der Waals surface area contributed by atoms with Crippen LogP contribution in [0.3, 0.4) is 0 Å². The van der Waals surface area contributed by atoms with Crippen molar-refractivity contribution in [1.29, 1.82) is 0 Å². The molecule has 3 rings (SSSR count).